The van der Waals surface area contributed by atoms with Gasteiger partial charge in [0, 0.05) is 23.1 Å². The minimum Gasteiger partial charge on any atom is -0.449 e. The molecule has 0 aliphatic heterocycles. The van der Waals surface area contributed by atoms with Crippen LogP contribution >= 0.6 is 23.1 Å². The maximum absolute atomic E-state index is 11.1. The molecule has 1 fully saturated rings. The maximum Gasteiger partial charge on any atom is 0.415 e. The Morgan fingerprint density at radius 2 is 2.28 bits per heavy atom. The Kier molecular flexibility index (Phi) is 5.92. The highest BCUT2D eigenvalue weighted by Crippen LogP contribution is 2.39. The molecule has 2 aromatic rings. The highest BCUT2D eigenvalue weighted by Gasteiger charge is 2.29. The summed E-state index contributed by atoms with van der Waals surface area (Å²) in [6, 6.07) is 3.74. The number of nitrogens with two attached hydrogens (primary N) is 1. The minimum absolute atomic E-state index is 0.214. The molecule has 3 N–H and O–H groups in total. The van der Waals surface area contributed by atoms with Crippen LogP contribution in [-0.2, 0) is 11.2 Å². The zero-order valence-corrected chi connectivity index (χ0v) is 15.1. The van der Waals surface area contributed by atoms with Crippen molar-refractivity contribution in [2.45, 2.75) is 36.9 Å². The molecule has 0 saturated heterocycles. The summed E-state index contributed by atoms with van der Waals surface area (Å²) in [7, 11) is 0. The van der Waals surface area contributed by atoms with Crippen LogP contribution < -0.4 is 11.1 Å². The van der Waals surface area contributed by atoms with E-state index in [9.17, 15) is 9.59 Å². The van der Waals surface area contributed by atoms with Gasteiger partial charge < -0.3 is 15.0 Å². The average molecular weight is 381 g/mol. The number of aromatic nitrogens is 3. The van der Waals surface area contributed by atoms with E-state index in [-0.39, 0.29) is 6.61 Å². The standard InChI is InChI=1S/C15H19N5O3S2/c16-13(21)17-15(22)23-6-2-8-25-14-19-18-12(20(14)10-4-5-10)9-11-3-1-7-24-11/h1,3,7,10H,2,4-6,8-9H2,(H3,16,17,21,22). The van der Waals surface area contributed by atoms with E-state index in [1.165, 1.54) is 17.7 Å². The third kappa shape index (κ3) is 5.20. The Bertz CT molecular complexity index is 728. The number of alkyl carbamates (subject to hydrolysis) is 1. The summed E-state index contributed by atoms with van der Waals surface area (Å²) in [5.41, 5.74) is 4.83. The molecule has 134 valence electrons. The number of nitrogens with one attached hydrogen (secondary N) is 1. The summed E-state index contributed by atoms with van der Waals surface area (Å²) in [5, 5.41) is 13.5. The lowest BCUT2D eigenvalue weighted by atomic mass is 10.3. The summed E-state index contributed by atoms with van der Waals surface area (Å²) in [6.45, 7) is 0.214. The molecule has 0 unspecified atom stereocenters. The fourth-order valence-electron chi connectivity index (χ4n) is 2.32. The number of amides is 3. The van der Waals surface area contributed by atoms with E-state index in [2.05, 4.69) is 26.2 Å². The Balaban J connectivity index is 1.48. The molecule has 3 rings (SSSR count). The molecule has 10 heteroatoms. The third-order valence-corrected chi connectivity index (χ3v) is 5.44. The van der Waals surface area contributed by atoms with Crippen LogP contribution in [0.5, 0.6) is 0 Å². The number of urea groups is 1. The molecule has 0 spiro atoms. The van der Waals surface area contributed by atoms with Gasteiger partial charge in [-0.1, -0.05) is 17.8 Å². The van der Waals surface area contributed by atoms with Gasteiger partial charge in [-0.3, -0.25) is 0 Å². The quantitative estimate of drug-likeness (QED) is 0.537. The van der Waals surface area contributed by atoms with Crippen molar-refractivity contribution in [2.24, 2.45) is 5.73 Å². The maximum atomic E-state index is 11.1. The molecule has 2 heterocycles. The van der Waals surface area contributed by atoms with E-state index >= 15 is 0 Å². The summed E-state index contributed by atoms with van der Waals surface area (Å²) >= 11 is 3.33. The number of ether oxygens (including phenoxy) is 1. The number of hydrogen-bond acceptors (Lipinski definition) is 7. The summed E-state index contributed by atoms with van der Waals surface area (Å²) in [6.07, 6.45) is 2.96. The van der Waals surface area contributed by atoms with Gasteiger partial charge in [0.1, 0.15) is 5.82 Å². The van der Waals surface area contributed by atoms with Crippen molar-refractivity contribution in [3.8, 4) is 0 Å². The van der Waals surface area contributed by atoms with Crippen LogP contribution in [0.3, 0.4) is 0 Å². The topological polar surface area (TPSA) is 112 Å². The van der Waals surface area contributed by atoms with E-state index in [0.29, 0.717) is 12.5 Å². The monoisotopic (exact) mass is 381 g/mol. The molecule has 8 nitrogen and oxygen atoms in total. The van der Waals surface area contributed by atoms with E-state index in [0.717, 1.165) is 23.2 Å². The second kappa shape index (κ2) is 8.34. The number of nitrogens with zero attached hydrogens (tertiary/aromatic N) is 3. The van der Waals surface area contributed by atoms with Gasteiger partial charge in [-0.05, 0) is 30.7 Å². The van der Waals surface area contributed by atoms with E-state index in [1.807, 2.05) is 11.4 Å². The number of rotatable bonds is 8. The van der Waals surface area contributed by atoms with Crippen LogP contribution in [0.15, 0.2) is 22.7 Å². The summed E-state index contributed by atoms with van der Waals surface area (Å²) in [4.78, 5) is 22.9. The zero-order chi connectivity index (χ0) is 17.6. The molecule has 25 heavy (non-hydrogen) atoms. The highest BCUT2D eigenvalue weighted by molar-refractivity contribution is 7.99. The number of carbonyl (C=O) groups is 2. The fourth-order valence-corrected chi connectivity index (χ4v) is 3.96. The van der Waals surface area contributed by atoms with Crippen molar-refractivity contribution in [1.82, 2.24) is 20.1 Å². The highest BCUT2D eigenvalue weighted by atomic mass is 32.2. The van der Waals surface area contributed by atoms with Crippen LogP contribution in [0.2, 0.25) is 0 Å². The van der Waals surface area contributed by atoms with Crippen molar-refractivity contribution >= 4 is 35.2 Å². The molecule has 1 aliphatic carbocycles. The van der Waals surface area contributed by atoms with Gasteiger partial charge in [-0.25, -0.2) is 14.9 Å². The molecular weight excluding hydrogens is 362 g/mol. The number of imide groups is 1. The second-order valence-electron chi connectivity index (χ2n) is 5.58. The number of primary amides is 1. The lowest BCUT2D eigenvalue weighted by molar-refractivity contribution is 0.148. The van der Waals surface area contributed by atoms with Crippen molar-refractivity contribution in [1.29, 1.82) is 0 Å². The van der Waals surface area contributed by atoms with Gasteiger partial charge in [-0.2, -0.15) is 0 Å². The summed E-state index contributed by atoms with van der Waals surface area (Å²) < 4.78 is 7.09. The van der Waals surface area contributed by atoms with Gasteiger partial charge in [0.25, 0.3) is 0 Å². The van der Waals surface area contributed by atoms with Crippen molar-refractivity contribution in [3.05, 3.63) is 28.2 Å². The number of hydrogen-bond donors (Lipinski definition) is 2. The first-order valence-electron chi connectivity index (χ1n) is 7.95. The third-order valence-electron chi connectivity index (χ3n) is 3.54. The molecule has 0 radical (unpaired) electrons. The predicted octanol–water partition coefficient (Wildman–Crippen LogP) is 2.55. The molecular formula is C15H19N5O3S2. The first kappa shape index (κ1) is 17.7. The lowest BCUT2D eigenvalue weighted by Gasteiger charge is -2.08. The van der Waals surface area contributed by atoms with Crippen LogP contribution in [0, 0.1) is 0 Å². The van der Waals surface area contributed by atoms with E-state index in [4.69, 9.17) is 10.5 Å². The molecule has 3 amide bonds. The van der Waals surface area contributed by atoms with Crippen LogP contribution in [0.1, 0.15) is 36.0 Å². The van der Waals surface area contributed by atoms with Gasteiger partial charge >= 0.3 is 12.1 Å². The first-order valence-corrected chi connectivity index (χ1v) is 9.82. The van der Waals surface area contributed by atoms with E-state index < -0.39 is 12.1 Å². The molecule has 0 bridgehead atoms. The lowest BCUT2D eigenvalue weighted by Crippen LogP contribution is -2.35. The van der Waals surface area contributed by atoms with Gasteiger partial charge in [0.15, 0.2) is 5.16 Å². The molecule has 1 saturated carbocycles. The first-order chi connectivity index (χ1) is 12.1. The minimum atomic E-state index is -0.921. The predicted molar refractivity (Wildman–Crippen MR) is 94.8 cm³/mol. The second-order valence-corrected chi connectivity index (χ2v) is 7.68. The molecule has 1 aliphatic rings. The van der Waals surface area contributed by atoms with Crippen molar-refractivity contribution in [3.63, 3.8) is 0 Å². The van der Waals surface area contributed by atoms with Crippen molar-refractivity contribution < 1.29 is 14.3 Å². The van der Waals surface area contributed by atoms with Gasteiger partial charge in [0.2, 0.25) is 0 Å². The molecule has 2 aromatic heterocycles. The zero-order valence-electron chi connectivity index (χ0n) is 13.5. The molecule has 0 aromatic carbocycles. The largest absolute Gasteiger partial charge is 0.449 e. The van der Waals surface area contributed by atoms with E-state index in [1.54, 1.807) is 23.1 Å². The average Bonchev–Trinajstić information content (AvgIpc) is 3.11. The van der Waals surface area contributed by atoms with Crippen LogP contribution in [-0.4, -0.2) is 39.2 Å². The smallest absolute Gasteiger partial charge is 0.415 e. The summed E-state index contributed by atoms with van der Waals surface area (Å²) in [5.74, 6) is 1.75. The van der Waals surface area contributed by atoms with Gasteiger partial charge in [0.05, 0.1) is 6.61 Å². The van der Waals surface area contributed by atoms with Crippen LogP contribution in [0.25, 0.3) is 0 Å². The Morgan fingerprint density at radius 1 is 1.44 bits per heavy atom. The number of carbonyl (C=O) groups excluding carboxylic acids is 2. The van der Waals surface area contributed by atoms with Gasteiger partial charge in [-0.15, -0.1) is 21.5 Å². The Morgan fingerprint density at radius 3 is 2.96 bits per heavy atom. The molecule has 0 atom stereocenters. The fraction of sp³-hybridized carbons (Fsp3) is 0.467. The number of thioether (sulfide) groups is 1. The van der Waals surface area contributed by atoms with Crippen molar-refractivity contribution in [2.75, 3.05) is 12.4 Å². The SMILES string of the molecule is NC(=O)NC(=O)OCCCSc1nnc(Cc2cccs2)n1C1CC1. The van der Waals surface area contributed by atoms with Crippen LogP contribution in [0.4, 0.5) is 9.59 Å². The Hall–Kier alpha value is -2.07. The number of thiophene rings is 1. The normalized spacial score (nSPS) is 13.6. The Labute approximate surface area is 153 Å².